The summed E-state index contributed by atoms with van der Waals surface area (Å²) in [6.45, 7) is 3.53. The largest absolute Gasteiger partial charge is 0.343 e. The minimum atomic E-state index is -3.67. The van der Waals surface area contributed by atoms with Gasteiger partial charge in [-0.05, 0) is 38.1 Å². The van der Waals surface area contributed by atoms with E-state index in [0.29, 0.717) is 5.84 Å². The summed E-state index contributed by atoms with van der Waals surface area (Å²) in [6.07, 6.45) is 0. The molecule has 0 saturated carbocycles. The molecule has 0 radical (unpaired) electrons. The maximum Gasteiger partial charge on any atom is 0.283 e. The Morgan fingerprint density at radius 1 is 1.00 bits per heavy atom. The number of nitrogens with zero attached hydrogens (tertiary/aromatic N) is 1. The highest BCUT2D eigenvalue weighted by molar-refractivity contribution is 7.90. The lowest BCUT2D eigenvalue weighted by Crippen LogP contribution is -2.10. The van der Waals surface area contributed by atoms with Crippen molar-refractivity contribution in [3.8, 4) is 0 Å². The molecule has 2 rings (SSSR count). The molecule has 1 N–H and O–H groups in total. The normalized spacial score (nSPS) is 12.2. The highest BCUT2D eigenvalue weighted by atomic mass is 32.2. The van der Waals surface area contributed by atoms with Crippen LogP contribution in [0.3, 0.4) is 0 Å². The van der Waals surface area contributed by atoms with Crippen LogP contribution < -0.4 is 5.32 Å². The third-order valence-electron chi connectivity index (χ3n) is 2.67. The molecule has 2 aromatic rings. The molecule has 0 aliphatic carbocycles. The van der Waals surface area contributed by atoms with Crippen molar-refractivity contribution >= 4 is 21.5 Å². The second-order valence-corrected chi connectivity index (χ2v) is 6.06. The van der Waals surface area contributed by atoms with Gasteiger partial charge in [0.1, 0.15) is 5.84 Å². The number of hydrogen-bond acceptors (Lipinski definition) is 2. The zero-order chi connectivity index (χ0) is 14.6. The first-order chi connectivity index (χ1) is 9.47. The Bertz CT molecular complexity index is 705. The first-order valence-electron chi connectivity index (χ1n) is 6.18. The molecular weight excluding hydrogens is 272 g/mol. The summed E-state index contributed by atoms with van der Waals surface area (Å²) < 4.78 is 28.0. The molecule has 0 amide bonds. The molecule has 0 atom stereocenters. The molecule has 0 aromatic heterocycles. The van der Waals surface area contributed by atoms with Crippen molar-refractivity contribution in [2.75, 3.05) is 5.32 Å². The second kappa shape index (κ2) is 5.88. The Labute approximate surface area is 119 Å². The lowest BCUT2D eigenvalue weighted by Gasteiger charge is -2.06. The van der Waals surface area contributed by atoms with Crippen LogP contribution in [0.2, 0.25) is 0 Å². The minimum absolute atomic E-state index is 0.192. The first kappa shape index (κ1) is 14.3. The van der Waals surface area contributed by atoms with E-state index in [-0.39, 0.29) is 4.90 Å². The van der Waals surface area contributed by atoms with E-state index in [9.17, 15) is 8.42 Å². The lowest BCUT2D eigenvalue weighted by molar-refractivity contribution is 0.598. The number of benzene rings is 2. The van der Waals surface area contributed by atoms with Crippen molar-refractivity contribution in [1.29, 1.82) is 0 Å². The number of aryl methyl sites for hydroxylation is 1. The SMILES string of the molecule is C/C(=N\S(=O)(=O)c1ccc(C)cc1)Nc1ccccc1. The number of sulfonamides is 1. The topological polar surface area (TPSA) is 58.5 Å². The van der Waals surface area contributed by atoms with Crippen LogP contribution in [0.15, 0.2) is 63.9 Å². The molecule has 0 heterocycles. The molecule has 0 fully saturated rings. The summed E-state index contributed by atoms with van der Waals surface area (Å²) in [5.74, 6) is 0.330. The summed E-state index contributed by atoms with van der Waals surface area (Å²) in [6, 6.07) is 15.9. The Morgan fingerprint density at radius 2 is 1.60 bits per heavy atom. The van der Waals surface area contributed by atoms with E-state index in [2.05, 4.69) is 9.71 Å². The van der Waals surface area contributed by atoms with Gasteiger partial charge in [0.05, 0.1) is 4.90 Å². The van der Waals surface area contributed by atoms with Gasteiger partial charge in [-0.1, -0.05) is 35.9 Å². The van der Waals surface area contributed by atoms with Gasteiger partial charge in [-0.15, -0.1) is 4.40 Å². The molecule has 4 nitrogen and oxygen atoms in total. The molecule has 0 spiro atoms. The van der Waals surface area contributed by atoms with Crippen LogP contribution in [0.4, 0.5) is 5.69 Å². The van der Waals surface area contributed by atoms with Crippen LogP contribution in [-0.4, -0.2) is 14.3 Å². The third-order valence-corrected chi connectivity index (χ3v) is 4.06. The molecular formula is C15H16N2O2S. The minimum Gasteiger partial charge on any atom is -0.343 e. The van der Waals surface area contributed by atoms with Crippen molar-refractivity contribution in [2.24, 2.45) is 4.40 Å². The summed E-state index contributed by atoms with van der Waals surface area (Å²) in [7, 11) is -3.67. The lowest BCUT2D eigenvalue weighted by atomic mass is 10.2. The standard InChI is InChI=1S/C15H16N2O2S/c1-12-8-10-15(11-9-12)20(18,19)17-13(2)16-14-6-4-3-5-7-14/h3-11H,1-2H3,(H,16,17). The Kier molecular flexibility index (Phi) is 4.20. The highest BCUT2D eigenvalue weighted by Crippen LogP contribution is 2.14. The van der Waals surface area contributed by atoms with Gasteiger partial charge in [0.25, 0.3) is 10.0 Å². The molecule has 2 aromatic carbocycles. The zero-order valence-electron chi connectivity index (χ0n) is 11.4. The number of para-hydroxylation sites is 1. The number of rotatable bonds is 3. The monoisotopic (exact) mass is 288 g/mol. The van der Waals surface area contributed by atoms with Gasteiger partial charge in [0.2, 0.25) is 0 Å². The molecule has 20 heavy (non-hydrogen) atoms. The fraction of sp³-hybridized carbons (Fsp3) is 0.133. The molecule has 104 valence electrons. The number of hydrogen-bond donors (Lipinski definition) is 1. The van der Waals surface area contributed by atoms with Gasteiger partial charge >= 0.3 is 0 Å². The summed E-state index contributed by atoms with van der Waals surface area (Å²) >= 11 is 0. The van der Waals surface area contributed by atoms with E-state index in [1.54, 1.807) is 31.2 Å². The van der Waals surface area contributed by atoms with E-state index in [0.717, 1.165) is 11.3 Å². The quantitative estimate of drug-likeness (QED) is 0.697. The van der Waals surface area contributed by atoms with E-state index in [1.165, 1.54) is 0 Å². The van der Waals surface area contributed by atoms with E-state index >= 15 is 0 Å². The van der Waals surface area contributed by atoms with Gasteiger partial charge in [0, 0.05) is 5.69 Å². The maximum absolute atomic E-state index is 12.1. The van der Waals surface area contributed by atoms with Crippen LogP contribution in [0.25, 0.3) is 0 Å². The smallest absolute Gasteiger partial charge is 0.283 e. The number of nitrogens with one attached hydrogen (secondary N) is 1. The van der Waals surface area contributed by atoms with Crippen LogP contribution in [-0.2, 0) is 10.0 Å². The van der Waals surface area contributed by atoms with Gasteiger partial charge in [-0.2, -0.15) is 8.42 Å². The maximum atomic E-state index is 12.1. The predicted molar refractivity (Wildman–Crippen MR) is 81.5 cm³/mol. The molecule has 0 saturated heterocycles. The Balaban J connectivity index is 2.22. The van der Waals surface area contributed by atoms with Crippen molar-refractivity contribution in [2.45, 2.75) is 18.7 Å². The van der Waals surface area contributed by atoms with E-state index < -0.39 is 10.0 Å². The number of amidine groups is 1. The number of anilines is 1. The summed E-state index contributed by atoms with van der Waals surface area (Å²) in [5.41, 5.74) is 1.81. The Morgan fingerprint density at radius 3 is 2.20 bits per heavy atom. The van der Waals surface area contributed by atoms with Crippen LogP contribution >= 0.6 is 0 Å². The fourth-order valence-corrected chi connectivity index (χ4v) is 2.69. The van der Waals surface area contributed by atoms with Crippen LogP contribution in [0.5, 0.6) is 0 Å². The van der Waals surface area contributed by atoms with Crippen molar-refractivity contribution in [3.05, 3.63) is 60.2 Å². The highest BCUT2D eigenvalue weighted by Gasteiger charge is 2.12. The van der Waals surface area contributed by atoms with Crippen molar-refractivity contribution in [1.82, 2.24) is 0 Å². The van der Waals surface area contributed by atoms with Crippen molar-refractivity contribution in [3.63, 3.8) is 0 Å². The third kappa shape index (κ3) is 3.68. The van der Waals surface area contributed by atoms with E-state index in [1.807, 2.05) is 37.3 Å². The van der Waals surface area contributed by atoms with Gasteiger partial charge in [-0.3, -0.25) is 0 Å². The van der Waals surface area contributed by atoms with Gasteiger partial charge < -0.3 is 5.32 Å². The van der Waals surface area contributed by atoms with E-state index in [4.69, 9.17) is 0 Å². The molecule has 0 aliphatic rings. The summed E-state index contributed by atoms with van der Waals surface area (Å²) in [4.78, 5) is 0.192. The molecule has 0 aliphatic heterocycles. The Hall–Kier alpha value is -2.14. The molecule has 0 bridgehead atoms. The van der Waals surface area contributed by atoms with Crippen molar-refractivity contribution < 1.29 is 8.42 Å². The van der Waals surface area contributed by atoms with Gasteiger partial charge in [-0.25, -0.2) is 0 Å². The fourth-order valence-electron chi connectivity index (χ4n) is 1.70. The van der Waals surface area contributed by atoms with Crippen LogP contribution in [0, 0.1) is 6.92 Å². The van der Waals surface area contributed by atoms with Crippen LogP contribution in [0.1, 0.15) is 12.5 Å². The van der Waals surface area contributed by atoms with Gasteiger partial charge in [0.15, 0.2) is 0 Å². The molecule has 5 heteroatoms. The second-order valence-electron chi connectivity index (χ2n) is 4.46. The predicted octanol–water partition coefficient (Wildman–Crippen LogP) is 3.21. The molecule has 0 unspecified atom stereocenters. The average Bonchev–Trinajstić information content (AvgIpc) is 2.39. The zero-order valence-corrected chi connectivity index (χ0v) is 12.2. The summed E-state index contributed by atoms with van der Waals surface area (Å²) in [5, 5.41) is 2.95. The first-order valence-corrected chi connectivity index (χ1v) is 7.62. The average molecular weight is 288 g/mol.